The summed E-state index contributed by atoms with van der Waals surface area (Å²) in [7, 11) is 3.23. The Kier molecular flexibility index (Phi) is 7.66. The molecule has 0 spiro atoms. The molecule has 2 fully saturated rings. The molecular formula is C32H35N5O6. The first-order chi connectivity index (χ1) is 20.8. The Morgan fingerprint density at radius 3 is 2.60 bits per heavy atom. The van der Waals surface area contributed by atoms with Gasteiger partial charge in [-0.15, -0.1) is 0 Å². The monoisotopic (exact) mass is 585 g/mol. The number of hydrogen-bond donors (Lipinski definition) is 2. The van der Waals surface area contributed by atoms with Crippen LogP contribution in [0.4, 0.5) is 5.82 Å². The molecule has 2 N–H and O–H groups in total. The van der Waals surface area contributed by atoms with Crippen molar-refractivity contribution in [2.75, 3.05) is 45.8 Å². The Hall–Kier alpha value is -4.64. The van der Waals surface area contributed by atoms with E-state index in [1.807, 2.05) is 40.6 Å². The highest BCUT2D eigenvalue weighted by Crippen LogP contribution is 2.37. The molecule has 43 heavy (non-hydrogen) atoms. The summed E-state index contributed by atoms with van der Waals surface area (Å²) in [4.78, 5) is 36.7. The van der Waals surface area contributed by atoms with Crippen LogP contribution in [0.3, 0.4) is 0 Å². The maximum absolute atomic E-state index is 13.4. The summed E-state index contributed by atoms with van der Waals surface area (Å²) in [6.07, 6.45) is 5.40. The van der Waals surface area contributed by atoms with Crippen LogP contribution in [-0.4, -0.2) is 76.8 Å². The first-order valence-corrected chi connectivity index (χ1v) is 14.3. The maximum atomic E-state index is 13.4. The lowest BCUT2D eigenvalue weighted by atomic mass is 9.85. The summed E-state index contributed by atoms with van der Waals surface area (Å²) in [5, 5.41) is 12.9. The van der Waals surface area contributed by atoms with E-state index in [9.17, 15) is 14.7 Å². The number of carboxylic acid groups (broad SMARTS) is 1. The molecule has 6 rings (SSSR count). The molecule has 0 saturated carbocycles. The molecule has 2 aliphatic heterocycles. The number of imidazole rings is 1. The average Bonchev–Trinajstić information content (AvgIpc) is 3.42. The summed E-state index contributed by atoms with van der Waals surface area (Å²) in [6.45, 7) is 4.59. The van der Waals surface area contributed by atoms with Gasteiger partial charge in [0, 0.05) is 55.1 Å². The van der Waals surface area contributed by atoms with Crippen LogP contribution < -0.4 is 14.8 Å². The van der Waals surface area contributed by atoms with Crippen molar-refractivity contribution < 1.29 is 28.9 Å². The number of likely N-dealkylation sites (tertiary alicyclic amines) is 1. The van der Waals surface area contributed by atoms with Crippen molar-refractivity contribution in [3.8, 4) is 22.8 Å². The van der Waals surface area contributed by atoms with Crippen molar-refractivity contribution in [1.29, 1.82) is 0 Å². The number of nitrogens with zero attached hydrogens (tertiary/aromatic N) is 4. The number of hydrogen-bond acceptors (Lipinski definition) is 8. The molecule has 2 aliphatic rings. The van der Waals surface area contributed by atoms with Crippen LogP contribution in [0.5, 0.6) is 11.5 Å². The molecule has 11 nitrogen and oxygen atoms in total. The molecule has 0 bridgehead atoms. The van der Waals surface area contributed by atoms with Crippen molar-refractivity contribution >= 4 is 23.2 Å². The van der Waals surface area contributed by atoms with E-state index < -0.39 is 11.4 Å². The molecular weight excluding hydrogens is 550 g/mol. The number of methoxy groups -OCH3 is 2. The number of carbonyl (C=O) groups is 2. The Labute approximate surface area is 249 Å². The molecule has 224 valence electrons. The standard InChI is InChI=1S/C32H35N5O6/c1-32(18-43-19-32)31(40)36-13-4-5-23(17-36)29-35-26(20-6-8-21(9-7-20)30(38)39)27-28(33-12-14-37(27)29)34-16-22-10-11-24(41-2)15-25(22)42-3/h6-12,14-15,23H,4-5,13,16-19H2,1-3H3,(H,33,34)(H,38,39)/t23-/m1/s1. The second-order valence-corrected chi connectivity index (χ2v) is 11.4. The lowest BCUT2D eigenvalue weighted by Gasteiger charge is -2.42. The van der Waals surface area contributed by atoms with Crippen LogP contribution >= 0.6 is 0 Å². The first-order valence-electron chi connectivity index (χ1n) is 14.3. The van der Waals surface area contributed by atoms with Crippen molar-refractivity contribution in [2.24, 2.45) is 5.41 Å². The predicted molar refractivity (Wildman–Crippen MR) is 160 cm³/mol. The number of piperidine rings is 1. The van der Waals surface area contributed by atoms with Crippen LogP contribution in [-0.2, 0) is 16.1 Å². The number of ether oxygens (including phenoxy) is 3. The van der Waals surface area contributed by atoms with E-state index in [1.165, 1.54) is 0 Å². The molecule has 1 amide bonds. The van der Waals surface area contributed by atoms with Gasteiger partial charge in [0.05, 0.1) is 38.4 Å². The average molecular weight is 586 g/mol. The highest BCUT2D eigenvalue weighted by atomic mass is 16.5. The molecule has 0 radical (unpaired) electrons. The zero-order valence-electron chi connectivity index (χ0n) is 24.5. The third-order valence-electron chi connectivity index (χ3n) is 8.36. The van der Waals surface area contributed by atoms with Gasteiger partial charge in [-0.2, -0.15) is 0 Å². The van der Waals surface area contributed by atoms with Crippen LogP contribution in [0.25, 0.3) is 16.8 Å². The molecule has 0 aliphatic carbocycles. The van der Waals surface area contributed by atoms with E-state index in [-0.39, 0.29) is 17.4 Å². The second kappa shape index (κ2) is 11.6. The van der Waals surface area contributed by atoms with Gasteiger partial charge in [0.25, 0.3) is 0 Å². The number of nitrogens with one attached hydrogen (secondary N) is 1. The van der Waals surface area contributed by atoms with E-state index in [4.69, 9.17) is 19.2 Å². The molecule has 11 heteroatoms. The number of aromatic carboxylic acids is 1. The molecule has 4 aromatic rings. The van der Waals surface area contributed by atoms with Crippen LogP contribution in [0.2, 0.25) is 0 Å². The zero-order valence-corrected chi connectivity index (χ0v) is 24.5. The van der Waals surface area contributed by atoms with Gasteiger partial charge < -0.3 is 29.5 Å². The van der Waals surface area contributed by atoms with E-state index in [0.717, 1.165) is 41.9 Å². The summed E-state index contributed by atoms with van der Waals surface area (Å²) in [6, 6.07) is 12.4. The van der Waals surface area contributed by atoms with Gasteiger partial charge in [0.15, 0.2) is 5.82 Å². The van der Waals surface area contributed by atoms with Gasteiger partial charge in [-0.05, 0) is 44.0 Å². The van der Waals surface area contributed by atoms with Crippen LogP contribution in [0.15, 0.2) is 54.9 Å². The smallest absolute Gasteiger partial charge is 0.335 e. The molecule has 0 unspecified atom stereocenters. The molecule has 4 heterocycles. The van der Waals surface area contributed by atoms with Gasteiger partial charge in [-0.1, -0.05) is 12.1 Å². The SMILES string of the molecule is COc1ccc(CNc2nccn3c([C@@H]4CCCN(C(=O)C5(C)COC5)C4)nc(-c4ccc(C(=O)O)cc4)c23)c(OC)c1. The van der Waals surface area contributed by atoms with E-state index in [2.05, 4.69) is 10.3 Å². The molecule has 2 aromatic heterocycles. The number of rotatable bonds is 9. The fourth-order valence-corrected chi connectivity index (χ4v) is 5.91. The fourth-order valence-electron chi connectivity index (χ4n) is 5.91. The quantitative estimate of drug-likeness (QED) is 0.293. The lowest BCUT2D eigenvalue weighted by molar-refractivity contribution is -0.169. The Bertz CT molecular complexity index is 1660. The fraction of sp³-hybridized carbons (Fsp3) is 0.375. The number of benzene rings is 2. The van der Waals surface area contributed by atoms with E-state index in [0.29, 0.717) is 49.3 Å². The normalized spacial score (nSPS) is 17.7. The summed E-state index contributed by atoms with van der Waals surface area (Å²) < 4.78 is 18.3. The van der Waals surface area contributed by atoms with Gasteiger partial charge in [-0.3, -0.25) is 9.20 Å². The van der Waals surface area contributed by atoms with E-state index in [1.54, 1.807) is 44.7 Å². The number of fused-ring (bicyclic) bond motifs is 1. The number of aromatic nitrogens is 3. The Balaban J connectivity index is 1.39. The Morgan fingerprint density at radius 1 is 1.14 bits per heavy atom. The topological polar surface area (TPSA) is 128 Å². The summed E-state index contributed by atoms with van der Waals surface area (Å²) in [5.41, 5.74) is 2.90. The van der Waals surface area contributed by atoms with Crippen molar-refractivity contribution in [2.45, 2.75) is 32.2 Å². The van der Waals surface area contributed by atoms with E-state index >= 15 is 0 Å². The highest BCUT2D eigenvalue weighted by Gasteiger charge is 2.44. The van der Waals surface area contributed by atoms with Gasteiger partial charge >= 0.3 is 5.97 Å². The number of carbonyl (C=O) groups excluding carboxylic acids is 1. The second-order valence-electron chi connectivity index (χ2n) is 11.4. The minimum absolute atomic E-state index is 0.0127. The van der Waals surface area contributed by atoms with Crippen molar-refractivity contribution in [3.05, 3.63) is 71.8 Å². The molecule has 2 aromatic carbocycles. The third kappa shape index (κ3) is 5.36. The lowest BCUT2D eigenvalue weighted by Crippen LogP contribution is -2.55. The molecule has 1 atom stereocenters. The Morgan fingerprint density at radius 2 is 1.93 bits per heavy atom. The van der Waals surface area contributed by atoms with Gasteiger partial charge in [-0.25, -0.2) is 14.8 Å². The number of carboxylic acids is 1. The molecule has 2 saturated heterocycles. The third-order valence-corrected chi connectivity index (χ3v) is 8.36. The maximum Gasteiger partial charge on any atom is 0.335 e. The predicted octanol–water partition coefficient (Wildman–Crippen LogP) is 4.47. The highest BCUT2D eigenvalue weighted by molar-refractivity contribution is 5.90. The van der Waals surface area contributed by atoms with Crippen molar-refractivity contribution in [3.63, 3.8) is 0 Å². The van der Waals surface area contributed by atoms with Crippen molar-refractivity contribution in [1.82, 2.24) is 19.3 Å². The van der Waals surface area contributed by atoms with Crippen LogP contribution in [0.1, 0.15) is 47.4 Å². The number of amides is 1. The zero-order chi connectivity index (χ0) is 30.1. The first kappa shape index (κ1) is 28.5. The summed E-state index contributed by atoms with van der Waals surface area (Å²) >= 11 is 0. The summed E-state index contributed by atoms with van der Waals surface area (Å²) in [5.74, 6) is 2.01. The van der Waals surface area contributed by atoms with Gasteiger partial charge in [0.2, 0.25) is 5.91 Å². The minimum atomic E-state index is -0.989. The minimum Gasteiger partial charge on any atom is -0.497 e. The largest absolute Gasteiger partial charge is 0.497 e. The number of anilines is 1. The van der Waals surface area contributed by atoms with Crippen LogP contribution in [0, 0.1) is 5.41 Å². The van der Waals surface area contributed by atoms with Gasteiger partial charge in [0.1, 0.15) is 28.5 Å².